The minimum absolute atomic E-state index is 0.0836. The summed E-state index contributed by atoms with van der Waals surface area (Å²) in [5, 5.41) is 14.4. The standard InChI is InChI=1S/C26H27N5O7/c32-16-20(15-23(34)35)27-25(37)21-7-4-13-30-22(33)12-14-29(26(38)31(21)30)28-24(36)19-10-8-18(9-11-19)17-5-2-1-3-6-17/h1-3,5-6,8-11,16,20-21H,4,7,12-15H2,(H,27,37)(H,28,36)(H,34,35)/t20-,21-/m0/s1. The lowest BCUT2D eigenvalue weighted by atomic mass is 10.0. The van der Waals surface area contributed by atoms with Crippen molar-refractivity contribution < 1.29 is 33.9 Å². The first-order chi connectivity index (χ1) is 18.3. The summed E-state index contributed by atoms with van der Waals surface area (Å²) in [7, 11) is 0. The lowest BCUT2D eigenvalue weighted by Gasteiger charge is -2.42. The molecule has 2 aliphatic heterocycles. The molecule has 12 nitrogen and oxygen atoms in total. The summed E-state index contributed by atoms with van der Waals surface area (Å²) in [6.07, 6.45) is 0.197. The second-order valence-electron chi connectivity index (χ2n) is 8.94. The topological polar surface area (TPSA) is 156 Å². The quantitative estimate of drug-likeness (QED) is 0.441. The van der Waals surface area contributed by atoms with Gasteiger partial charge in [0.25, 0.3) is 5.91 Å². The van der Waals surface area contributed by atoms with Gasteiger partial charge in [0.2, 0.25) is 11.8 Å². The molecule has 198 valence electrons. The largest absolute Gasteiger partial charge is 0.481 e. The number of carboxylic acid groups (broad SMARTS) is 1. The normalized spacial score (nSPS) is 18.2. The minimum Gasteiger partial charge on any atom is -0.481 e. The zero-order chi connectivity index (χ0) is 27.2. The molecule has 0 unspecified atom stereocenters. The third-order valence-corrected chi connectivity index (χ3v) is 6.35. The Morgan fingerprint density at radius 3 is 2.34 bits per heavy atom. The number of fused-ring (bicyclic) bond motifs is 1. The van der Waals surface area contributed by atoms with Gasteiger partial charge in [-0.05, 0) is 36.1 Å². The monoisotopic (exact) mass is 521 g/mol. The van der Waals surface area contributed by atoms with Gasteiger partial charge in [-0.25, -0.2) is 19.8 Å². The van der Waals surface area contributed by atoms with Crippen LogP contribution in [0, 0.1) is 0 Å². The molecule has 0 aliphatic carbocycles. The molecule has 3 N–H and O–H groups in total. The van der Waals surface area contributed by atoms with Crippen molar-refractivity contribution in [2.24, 2.45) is 0 Å². The van der Waals surface area contributed by atoms with Gasteiger partial charge in [0.1, 0.15) is 12.3 Å². The molecule has 0 saturated carbocycles. The predicted molar refractivity (Wildman–Crippen MR) is 133 cm³/mol. The molecule has 5 amide bonds. The van der Waals surface area contributed by atoms with Crippen molar-refractivity contribution in [1.29, 1.82) is 0 Å². The van der Waals surface area contributed by atoms with E-state index in [1.54, 1.807) is 24.3 Å². The number of rotatable bonds is 8. The number of carboxylic acids is 1. The Morgan fingerprint density at radius 1 is 1.00 bits per heavy atom. The first-order valence-corrected chi connectivity index (χ1v) is 12.1. The fourth-order valence-electron chi connectivity index (χ4n) is 4.45. The number of aliphatic carboxylic acids is 1. The van der Waals surface area contributed by atoms with Crippen LogP contribution in [-0.4, -0.2) is 81.3 Å². The number of aldehydes is 1. The van der Waals surface area contributed by atoms with E-state index in [1.165, 1.54) is 5.01 Å². The van der Waals surface area contributed by atoms with E-state index >= 15 is 0 Å². The molecule has 4 rings (SSSR count). The van der Waals surface area contributed by atoms with E-state index in [-0.39, 0.29) is 25.9 Å². The number of hydrogen-bond donors (Lipinski definition) is 3. The van der Waals surface area contributed by atoms with Gasteiger partial charge >= 0.3 is 12.0 Å². The Labute approximate surface area is 218 Å². The Morgan fingerprint density at radius 2 is 1.68 bits per heavy atom. The van der Waals surface area contributed by atoms with Gasteiger partial charge in [0.05, 0.1) is 19.0 Å². The van der Waals surface area contributed by atoms with Gasteiger partial charge in [-0.3, -0.25) is 24.6 Å². The maximum absolute atomic E-state index is 13.5. The highest BCUT2D eigenvalue weighted by Crippen LogP contribution is 2.24. The van der Waals surface area contributed by atoms with Crippen LogP contribution in [0.4, 0.5) is 4.79 Å². The molecule has 38 heavy (non-hydrogen) atoms. The number of urea groups is 1. The molecule has 2 aromatic carbocycles. The molecule has 2 aromatic rings. The SMILES string of the molecule is O=C[C@H](CC(=O)O)NC(=O)[C@@H]1CCCN2C(=O)CCN(NC(=O)c3ccc(-c4ccccc4)cc3)C(=O)N12. The number of carbonyl (C=O) groups is 6. The molecule has 2 atom stereocenters. The maximum Gasteiger partial charge on any atom is 0.358 e. The predicted octanol–water partition coefficient (Wildman–Crippen LogP) is 1.19. The third-order valence-electron chi connectivity index (χ3n) is 6.35. The molecule has 0 spiro atoms. The van der Waals surface area contributed by atoms with Gasteiger partial charge in [0.15, 0.2) is 0 Å². The Balaban J connectivity index is 1.50. The molecule has 0 radical (unpaired) electrons. The number of nitrogens with zero attached hydrogens (tertiary/aromatic N) is 3. The highest BCUT2D eigenvalue weighted by Gasteiger charge is 2.44. The van der Waals surface area contributed by atoms with E-state index < -0.39 is 48.2 Å². The summed E-state index contributed by atoms with van der Waals surface area (Å²) in [4.78, 5) is 74.4. The molecule has 12 heteroatoms. The van der Waals surface area contributed by atoms with E-state index in [0.717, 1.165) is 21.1 Å². The van der Waals surface area contributed by atoms with Crippen LogP contribution in [0.25, 0.3) is 11.1 Å². The second kappa shape index (κ2) is 11.5. The lowest BCUT2D eigenvalue weighted by Crippen LogP contribution is -2.64. The highest BCUT2D eigenvalue weighted by atomic mass is 16.4. The Hall–Kier alpha value is -4.74. The van der Waals surface area contributed by atoms with Crippen molar-refractivity contribution in [3.8, 4) is 11.1 Å². The van der Waals surface area contributed by atoms with Crippen molar-refractivity contribution in [3.63, 3.8) is 0 Å². The summed E-state index contributed by atoms with van der Waals surface area (Å²) in [5.41, 5.74) is 4.72. The molecular formula is C26H27N5O7. The smallest absolute Gasteiger partial charge is 0.358 e. The Bertz CT molecular complexity index is 1230. The van der Waals surface area contributed by atoms with Crippen LogP contribution in [0.1, 0.15) is 36.0 Å². The van der Waals surface area contributed by atoms with E-state index in [0.29, 0.717) is 18.3 Å². The maximum atomic E-state index is 13.5. The van der Waals surface area contributed by atoms with E-state index in [2.05, 4.69) is 10.7 Å². The van der Waals surface area contributed by atoms with Gasteiger partial charge in [-0.1, -0.05) is 42.5 Å². The van der Waals surface area contributed by atoms with Crippen LogP contribution in [-0.2, 0) is 19.2 Å². The average Bonchev–Trinajstić information content (AvgIpc) is 3.05. The summed E-state index contributed by atoms with van der Waals surface area (Å²) in [5.74, 6) is -3.02. The van der Waals surface area contributed by atoms with Crippen LogP contribution in [0.3, 0.4) is 0 Å². The number of carbonyl (C=O) groups excluding carboxylic acids is 5. The van der Waals surface area contributed by atoms with Crippen LogP contribution >= 0.6 is 0 Å². The van der Waals surface area contributed by atoms with Crippen molar-refractivity contribution in [1.82, 2.24) is 25.8 Å². The summed E-state index contributed by atoms with van der Waals surface area (Å²) >= 11 is 0. The fraction of sp³-hybridized carbons (Fsp3) is 0.308. The number of hydrogen-bond acceptors (Lipinski definition) is 6. The molecule has 0 aromatic heterocycles. The third kappa shape index (κ3) is 5.80. The zero-order valence-corrected chi connectivity index (χ0v) is 20.4. The number of hydrazine groups is 2. The summed E-state index contributed by atoms with van der Waals surface area (Å²) in [6.45, 7) is 0.0894. The molecular weight excluding hydrogens is 494 g/mol. The minimum atomic E-state index is -1.29. The van der Waals surface area contributed by atoms with Crippen LogP contribution in [0.2, 0.25) is 0 Å². The Kier molecular flexibility index (Phi) is 8.00. The molecule has 2 heterocycles. The van der Waals surface area contributed by atoms with Gasteiger partial charge in [-0.2, -0.15) is 0 Å². The van der Waals surface area contributed by atoms with Gasteiger partial charge < -0.3 is 15.2 Å². The zero-order valence-electron chi connectivity index (χ0n) is 20.4. The fourth-order valence-corrected chi connectivity index (χ4v) is 4.45. The number of amides is 5. The van der Waals surface area contributed by atoms with Crippen molar-refractivity contribution in [3.05, 3.63) is 60.2 Å². The van der Waals surface area contributed by atoms with Crippen LogP contribution in [0.5, 0.6) is 0 Å². The molecule has 2 saturated heterocycles. The molecule has 0 bridgehead atoms. The highest BCUT2D eigenvalue weighted by molar-refractivity contribution is 5.97. The van der Waals surface area contributed by atoms with Crippen LogP contribution in [0.15, 0.2) is 54.6 Å². The average molecular weight is 522 g/mol. The van der Waals surface area contributed by atoms with Crippen LogP contribution < -0.4 is 10.7 Å². The van der Waals surface area contributed by atoms with Gasteiger partial charge in [-0.15, -0.1) is 0 Å². The first kappa shape index (κ1) is 26.3. The second-order valence-corrected chi connectivity index (χ2v) is 8.94. The van der Waals surface area contributed by atoms with Crippen molar-refractivity contribution in [2.75, 3.05) is 13.1 Å². The van der Waals surface area contributed by atoms with E-state index in [4.69, 9.17) is 5.11 Å². The van der Waals surface area contributed by atoms with E-state index in [9.17, 15) is 28.8 Å². The van der Waals surface area contributed by atoms with Crippen molar-refractivity contribution >= 4 is 36.0 Å². The lowest BCUT2D eigenvalue weighted by molar-refractivity contribution is -0.155. The summed E-state index contributed by atoms with van der Waals surface area (Å²) < 4.78 is 0. The number of benzene rings is 2. The van der Waals surface area contributed by atoms with Crippen molar-refractivity contribution in [2.45, 2.75) is 37.8 Å². The molecule has 2 fully saturated rings. The van der Waals surface area contributed by atoms with Gasteiger partial charge in [0, 0.05) is 18.5 Å². The summed E-state index contributed by atoms with van der Waals surface area (Å²) in [6, 6.07) is 13.2. The van der Waals surface area contributed by atoms with E-state index in [1.807, 2.05) is 30.3 Å². The molecule has 2 aliphatic rings. The first-order valence-electron chi connectivity index (χ1n) is 12.1. The number of nitrogens with one attached hydrogen (secondary N) is 2.